The number of nitrogens with two attached hydrogens (primary N) is 1. The van der Waals surface area contributed by atoms with Crippen molar-refractivity contribution in [3.63, 3.8) is 0 Å². The summed E-state index contributed by atoms with van der Waals surface area (Å²) in [6.45, 7) is 12.7. The maximum absolute atomic E-state index is 12.6. The second kappa shape index (κ2) is 6.62. The molecule has 2 rings (SSSR count). The lowest BCUT2D eigenvalue weighted by Gasteiger charge is -2.50. The van der Waals surface area contributed by atoms with Gasteiger partial charge in [0.1, 0.15) is 0 Å². The van der Waals surface area contributed by atoms with Gasteiger partial charge < -0.3 is 10.6 Å². The predicted octanol–water partition coefficient (Wildman–Crippen LogP) is 2.80. The number of hydrogen-bond donors (Lipinski definition) is 1. The van der Waals surface area contributed by atoms with Crippen LogP contribution in [0.5, 0.6) is 0 Å². The normalized spacial score (nSPS) is 20.6. The minimum atomic E-state index is -0.816. The van der Waals surface area contributed by atoms with Crippen LogP contribution < -0.4 is 5.73 Å². The topological polar surface area (TPSA) is 49.6 Å². The van der Waals surface area contributed by atoms with Gasteiger partial charge in [-0.1, -0.05) is 37.3 Å². The standard InChI is InChI=1S/C19H31N3O/c1-6-18(2,3)22-13-12-21(17(23)19(4,5)20)14-16(22)15-10-8-7-9-11-15/h7-11,16H,6,12-14,20H2,1-5H3. The highest BCUT2D eigenvalue weighted by Gasteiger charge is 2.39. The largest absolute Gasteiger partial charge is 0.338 e. The first-order chi connectivity index (χ1) is 10.7. The summed E-state index contributed by atoms with van der Waals surface area (Å²) < 4.78 is 0. The van der Waals surface area contributed by atoms with Gasteiger partial charge in [-0.05, 0) is 39.7 Å². The average Bonchev–Trinajstić information content (AvgIpc) is 2.53. The molecule has 4 nitrogen and oxygen atoms in total. The Morgan fingerprint density at radius 2 is 1.78 bits per heavy atom. The molecule has 23 heavy (non-hydrogen) atoms. The molecule has 1 atom stereocenters. The first-order valence-corrected chi connectivity index (χ1v) is 8.57. The van der Waals surface area contributed by atoms with Gasteiger partial charge in [0, 0.05) is 25.2 Å². The molecule has 0 bridgehead atoms. The fourth-order valence-electron chi connectivity index (χ4n) is 3.26. The van der Waals surface area contributed by atoms with Crippen molar-refractivity contribution in [2.24, 2.45) is 5.73 Å². The van der Waals surface area contributed by atoms with Gasteiger partial charge in [-0.25, -0.2) is 0 Å². The Kier molecular flexibility index (Phi) is 5.17. The predicted molar refractivity (Wildman–Crippen MR) is 95.1 cm³/mol. The first kappa shape index (κ1) is 18.0. The SMILES string of the molecule is CCC(C)(C)N1CCN(C(=O)C(C)(C)N)CC1c1ccccc1. The van der Waals surface area contributed by atoms with E-state index in [1.807, 2.05) is 11.0 Å². The molecule has 1 amide bonds. The highest BCUT2D eigenvalue weighted by Crippen LogP contribution is 2.33. The Morgan fingerprint density at radius 3 is 2.30 bits per heavy atom. The van der Waals surface area contributed by atoms with E-state index in [4.69, 9.17) is 5.73 Å². The summed E-state index contributed by atoms with van der Waals surface area (Å²) in [6, 6.07) is 10.7. The van der Waals surface area contributed by atoms with E-state index in [9.17, 15) is 4.79 Å². The van der Waals surface area contributed by atoms with Crippen LogP contribution in [0.2, 0.25) is 0 Å². The van der Waals surface area contributed by atoms with Crippen LogP contribution in [-0.4, -0.2) is 46.4 Å². The van der Waals surface area contributed by atoms with Crippen LogP contribution in [0.15, 0.2) is 30.3 Å². The van der Waals surface area contributed by atoms with Crippen LogP contribution in [0.3, 0.4) is 0 Å². The van der Waals surface area contributed by atoms with Crippen LogP contribution in [0.1, 0.15) is 52.6 Å². The zero-order chi connectivity index (χ0) is 17.3. The third-order valence-electron chi connectivity index (χ3n) is 5.05. The summed E-state index contributed by atoms with van der Waals surface area (Å²) in [5.41, 5.74) is 6.59. The van der Waals surface area contributed by atoms with Crippen LogP contribution >= 0.6 is 0 Å². The summed E-state index contributed by atoms with van der Waals surface area (Å²) in [4.78, 5) is 17.1. The molecule has 1 aromatic rings. The molecule has 0 aromatic heterocycles. The monoisotopic (exact) mass is 317 g/mol. The smallest absolute Gasteiger partial charge is 0.242 e. The molecule has 1 heterocycles. The Hall–Kier alpha value is -1.39. The van der Waals surface area contributed by atoms with Gasteiger partial charge in [0.2, 0.25) is 5.91 Å². The van der Waals surface area contributed by atoms with E-state index in [2.05, 4.69) is 49.9 Å². The third kappa shape index (κ3) is 3.93. The quantitative estimate of drug-likeness (QED) is 0.929. The Bertz CT molecular complexity index is 533. The van der Waals surface area contributed by atoms with Gasteiger partial charge in [-0.2, -0.15) is 0 Å². The maximum atomic E-state index is 12.6. The van der Waals surface area contributed by atoms with Crippen LogP contribution in [0, 0.1) is 0 Å². The van der Waals surface area contributed by atoms with Crippen molar-refractivity contribution < 1.29 is 4.79 Å². The van der Waals surface area contributed by atoms with E-state index in [0.717, 1.165) is 19.5 Å². The molecular weight excluding hydrogens is 286 g/mol. The zero-order valence-electron chi connectivity index (χ0n) is 15.2. The lowest BCUT2D eigenvalue weighted by atomic mass is 9.91. The minimum Gasteiger partial charge on any atom is -0.338 e. The molecule has 4 heteroatoms. The van der Waals surface area contributed by atoms with Gasteiger partial charge in [-0.15, -0.1) is 0 Å². The Morgan fingerprint density at radius 1 is 1.17 bits per heavy atom. The summed E-state index contributed by atoms with van der Waals surface area (Å²) in [5.74, 6) is 0.0346. The van der Waals surface area contributed by atoms with Crippen molar-refractivity contribution in [2.45, 2.75) is 58.2 Å². The van der Waals surface area contributed by atoms with Crippen molar-refractivity contribution in [1.82, 2.24) is 9.80 Å². The van der Waals surface area contributed by atoms with E-state index < -0.39 is 5.54 Å². The van der Waals surface area contributed by atoms with E-state index in [1.54, 1.807) is 13.8 Å². The summed E-state index contributed by atoms with van der Waals surface area (Å²) in [7, 11) is 0. The summed E-state index contributed by atoms with van der Waals surface area (Å²) in [5, 5.41) is 0. The van der Waals surface area contributed by atoms with Crippen LogP contribution in [0.25, 0.3) is 0 Å². The van der Waals surface area contributed by atoms with Gasteiger partial charge >= 0.3 is 0 Å². The molecule has 1 aromatic carbocycles. The lowest BCUT2D eigenvalue weighted by molar-refractivity contribution is -0.140. The maximum Gasteiger partial charge on any atom is 0.242 e. The number of nitrogens with zero attached hydrogens (tertiary/aromatic N) is 2. The van der Waals surface area contributed by atoms with Gasteiger partial charge in [0.15, 0.2) is 0 Å². The van der Waals surface area contributed by atoms with E-state index in [-0.39, 0.29) is 17.5 Å². The van der Waals surface area contributed by atoms with E-state index >= 15 is 0 Å². The molecule has 0 radical (unpaired) electrons. The Balaban J connectivity index is 2.30. The highest BCUT2D eigenvalue weighted by atomic mass is 16.2. The second-order valence-corrected chi connectivity index (χ2v) is 7.76. The number of amides is 1. The van der Waals surface area contributed by atoms with Crippen molar-refractivity contribution in [1.29, 1.82) is 0 Å². The number of rotatable bonds is 4. The van der Waals surface area contributed by atoms with Crippen molar-refractivity contribution in [3.8, 4) is 0 Å². The fourth-order valence-corrected chi connectivity index (χ4v) is 3.26. The lowest BCUT2D eigenvalue weighted by Crippen LogP contribution is -2.61. The molecule has 0 aliphatic carbocycles. The zero-order valence-corrected chi connectivity index (χ0v) is 15.2. The van der Waals surface area contributed by atoms with E-state index in [1.165, 1.54) is 5.56 Å². The highest BCUT2D eigenvalue weighted by molar-refractivity contribution is 5.85. The molecule has 1 saturated heterocycles. The average molecular weight is 317 g/mol. The molecule has 0 spiro atoms. The number of carbonyl (C=O) groups excluding carboxylic acids is 1. The number of piperazine rings is 1. The molecular formula is C19H31N3O. The number of benzene rings is 1. The van der Waals surface area contributed by atoms with E-state index in [0.29, 0.717) is 6.54 Å². The third-order valence-corrected chi connectivity index (χ3v) is 5.05. The molecule has 1 fully saturated rings. The fraction of sp³-hybridized carbons (Fsp3) is 0.632. The molecule has 1 unspecified atom stereocenters. The Labute approximate surface area is 140 Å². The molecule has 128 valence electrons. The van der Waals surface area contributed by atoms with Crippen LogP contribution in [0.4, 0.5) is 0 Å². The van der Waals surface area contributed by atoms with Gasteiger partial charge in [-0.3, -0.25) is 9.69 Å². The van der Waals surface area contributed by atoms with Gasteiger partial charge in [0.25, 0.3) is 0 Å². The second-order valence-electron chi connectivity index (χ2n) is 7.76. The molecule has 2 N–H and O–H groups in total. The van der Waals surface area contributed by atoms with Crippen molar-refractivity contribution >= 4 is 5.91 Å². The van der Waals surface area contributed by atoms with Crippen LogP contribution in [-0.2, 0) is 4.79 Å². The van der Waals surface area contributed by atoms with Gasteiger partial charge in [0.05, 0.1) is 11.6 Å². The number of hydrogen-bond acceptors (Lipinski definition) is 3. The molecule has 1 aliphatic heterocycles. The minimum absolute atomic E-state index is 0.0346. The molecule has 1 aliphatic rings. The summed E-state index contributed by atoms with van der Waals surface area (Å²) >= 11 is 0. The summed E-state index contributed by atoms with van der Waals surface area (Å²) in [6.07, 6.45) is 1.08. The van der Waals surface area contributed by atoms with Crippen molar-refractivity contribution in [2.75, 3.05) is 19.6 Å². The van der Waals surface area contributed by atoms with Crippen molar-refractivity contribution in [3.05, 3.63) is 35.9 Å². The number of carbonyl (C=O) groups is 1. The molecule has 0 saturated carbocycles. The first-order valence-electron chi connectivity index (χ1n) is 8.57.